The highest BCUT2D eigenvalue weighted by Crippen LogP contribution is 2.30. The van der Waals surface area contributed by atoms with Crippen molar-refractivity contribution in [2.45, 2.75) is 6.92 Å². The normalized spacial score (nSPS) is 11.5. The van der Waals surface area contributed by atoms with E-state index in [0.29, 0.717) is 5.56 Å². The number of nitrogens with two attached hydrogens (primary N) is 1. The molecule has 1 rings (SSSR count). The highest BCUT2D eigenvalue weighted by molar-refractivity contribution is 6.28. The third-order valence-corrected chi connectivity index (χ3v) is 2.06. The molecule has 0 saturated carbocycles. The molecular weight excluding hydrogens is 216 g/mol. The van der Waals surface area contributed by atoms with Gasteiger partial charge in [0.15, 0.2) is 5.78 Å². The summed E-state index contributed by atoms with van der Waals surface area (Å²) in [7, 11) is 0. The van der Waals surface area contributed by atoms with E-state index in [1.807, 2.05) is 0 Å². The Balaban J connectivity index is 3.31. The zero-order chi connectivity index (χ0) is 11.4. The fraction of sp³-hybridized carbons (Fsp3) is 0.200. The first-order chi connectivity index (χ1) is 7.06. The standard InChI is InChI=1S/C10H11ClN2O2/c1-6(14)7-3-2-4-8(15)10(7)13-9(12)5-11/h2-4,15H,5H2,1H3,(H2,12,13). The molecule has 0 aliphatic rings. The Morgan fingerprint density at radius 1 is 1.60 bits per heavy atom. The van der Waals surface area contributed by atoms with Gasteiger partial charge in [-0.25, -0.2) is 4.99 Å². The lowest BCUT2D eigenvalue weighted by Crippen LogP contribution is -2.12. The number of phenols is 1. The first kappa shape index (κ1) is 11.5. The molecule has 1 aromatic carbocycles. The third kappa shape index (κ3) is 2.70. The molecule has 0 fully saturated rings. The maximum atomic E-state index is 11.2. The summed E-state index contributed by atoms with van der Waals surface area (Å²) in [5.74, 6) is -0.0745. The second kappa shape index (κ2) is 4.79. The molecule has 0 aliphatic heterocycles. The van der Waals surface area contributed by atoms with Gasteiger partial charge in [0.2, 0.25) is 0 Å². The van der Waals surface area contributed by atoms with Crippen molar-refractivity contribution in [2.75, 3.05) is 5.88 Å². The Labute approximate surface area is 92.4 Å². The molecule has 0 aromatic heterocycles. The summed E-state index contributed by atoms with van der Waals surface area (Å²) >= 11 is 5.46. The van der Waals surface area contributed by atoms with Gasteiger partial charge in [-0.2, -0.15) is 0 Å². The van der Waals surface area contributed by atoms with E-state index < -0.39 is 0 Å². The SMILES string of the molecule is CC(=O)c1cccc(O)c1N=C(N)CCl. The third-order valence-electron chi connectivity index (χ3n) is 1.79. The van der Waals surface area contributed by atoms with E-state index in [1.54, 1.807) is 12.1 Å². The Morgan fingerprint density at radius 2 is 2.27 bits per heavy atom. The van der Waals surface area contributed by atoms with E-state index in [4.69, 9.17) is 17.3 Å². The number of para-hydroxylation sites is 1. The van der Waals surface area contributed by atoms with Crippen LogP contribution in [0.1, 0.15) is 17.3 Å². The number of carbonyl (C=O) groups is 1. The van der Waals surface area contributed by atoms with Gasteiger partial charge in [-0.1, -0.05) is 6.07 Å². The highest BCUT2D eigenvalue weighted by Gasteiger charge is 2.10. The molecule has 0 heterocycles. The number of aliphatic imine (C=N–C) groups is 1. The number of aromatic hydroxyl groups is 1. The van der Waals surface area contributed by atoms with E-state index in [0.717, 1.165) is 0 Å². The maximum absolute atomic E-state index is 11.2. The van der Waals surface area contributed by atoms with Crippen molar-refractivity contribution in [1.82, 2.24) is 0 Å². The molecule has 0 unspecified atom stereocenters. The fourth-order valence-electron chi connectivity index (χ4n) is 1.11. The number of phenolic OH excluding ortho intramolecular Hbond substituents is 1. The summed E-state index contributed by atoms with van der Waals surface area (Å²) in [4.78, 5) is 15.1. The Kier molecular flexibility index (Phi) is 3.68. The molecular formula is C10H11ClN2O2. The van der Waals surface area contributed by atoms with E-state index in [9.17, 15) is 9.90 Å². The van der Waals surface area contributed by atoms with E-state index in [-0.39, 0.29) is 28.9 Å². The second-order valence-corrected chi connectivity index (χ2v) is 3.23. The molecule has 3 N–H and O–H groups in total. The van der Waals surface area contributed by atoms with Crippen LogP contribution in [0.4, 0.5) is 5.69 Å². The van der Waals surface area contributed by atoms with Gasteiger partial charge in [-0.05, 0) is 19.1 Å². The maximum Gasteiger partial charge on any atom is 0.162 e. The lowest BCUT2D eigenvalue weighted by atomic mass is 10.1. The summed E-state index contributed by atoms with van der Waals surface area (Å²) in [5, 5.41) is 9.53. The van der Waals surface area contributed by atoms with Gasteiger partial charge in [0.05, 0.1) is 5.88 Å². The number of hydrogen-bond acceptors (Lipinski definition) is 3. The number of halogens is 1. The molecule has 0 atom stereocenters. The lowest BCUT2D eigenvalue weighted by Gasteiger charge is -2.04. The number of benzene rings is 1. The molecule has 4 nitrogen and oxygen atoms in total. The fourth-order valence-corrected chi connectivity index (χ4v) is 1.17. The number of amidine groups is 1. The van der Waals surface area contributed by atoms with Crippen LogP contribution in [-0.4, -0.2) is 22.6 Å². The average Bonchev–Trinajstić information content (AvgIpc) is 2.20. The average molecular weight is 227 g/mol. The van der Waals surface area contributed by atoms with Gasteiger partial charge >= 0.3 is 0 Å². The Morgan fingerprint density at radius 3 is 2.80 bits per heavy atom. The summed E-state index contributed by atoms with van der Waals surface area (Å²) in [6, 6.07) is 4.58. The minimum atomic E-state index is -0.188. The number of alkyl halides is 1. The predicted molar refractivity (Wildman–Crippen MR) is 60.1 cm³/mol. The highest BCUT2D eigenvalue weighted by atomic mass is 35.5. The van der Waals surface area contributed by atoms with Gasteiger partial charge in [0.1, 0.15) is 17.3 Å². The first-order valence-corrected chi connectivity index (χ1v) is 4.81. The number of ketones is 1. The smallest absolute Gasteiger partial charge is 0.162 e. The predicted octanol–water partition coefficient (Wildman–Crippen LogP) is 1.82. The number of carbonyl (C=O) groups excluding carboxylic acids is 1. The van der Waals surface area contributed by atoms with Crippen molar-refractivity contribution in [3.63, 3.8) is 0 Å². The van der Waals surface area contributed by atoms with Crippen LogP contribution >= 0.6 is 11.6 Å². The molecule has 80 valence electrons. The second-order valence-electron chi connectivity index (χ2n) is 2.97. The largest absolute Gasteiger partial charge is 0.506 e. The van der Waals surface area contributed by atoms with Crippen LogP contribution in [0.25, 0.3) is 0 Å². The number of nitrogens with zero attached hydrogens (tertiary/aromatic N) is 1. The minimum absolute atomic E-state index is 0.0473. The quantitative estimate of drug-likeness (QED) is 0.357. The van der Waals surface area contributed by atoms with Crippen molar-refractivity contribution in [1.29, 1.82) is 0 Å². The summed E-state index contributed by atoms with van der Waals surface area (Å²) in [6.07, 6.45) is 0. The topological polar surface area (TPSA) is 75.7 Å². The van der Waals surface area contributed by atoms with Crippen molar-refractivity contribution in [3.8, 4) is 5.75 Å². The number of Topliss-reactive ketones (excluding diaryl/α,β-unsaturated/α-hetero) is 1. The molecule has 5 heteroatoms. The molecule has 0 aliphatic carbocycles. The van der Waals surface area contributed by atoms with Gasteiger partial charge < -0.3 is 10.8 Å². The van der Waals surface area contributed by atoms with Crippen LogP contribution in [0, 0.1) is 0 Å². The van der Waals surface area contributed by atoms with Crippen LogP contribution in [0.2, 0.25) is 0 Å². The summed E-state index contributed by atoms with van der Waals surface area (Å²) in [6.45, 7) is 1.39. The lowest BCUT2D eigenvalue weighted by molar-refractivity contribution is 0.101. The molecule has 0 bridgehead atoms. The van der Waals surface area contributed by atoms with Crippen LogP contribution in [0.5, 0.6) is 5.75 Å². The van der Waals surface area contributed by atoms with Crippen molar-refractivity contribution < 1.29 is 9.90 Å². The molecule has 0 saturated heterocycles. The van der Waals surface area contributed by atoms with E-state index in [2.05, 4.69) is 4.99 Å². The van der Waals surface area contributed by atoms with Crippen molar-refractivity contribution >= 4 is 28.9 Å². The summed E-state index contributed by atoms with van der Waals surface area (Å²) < 4.78 is 0. The Hall–Kier alpha value is -1.55. The zero-order valence-electron chi connectivity index (χ0n) is 8.20. The van der Waals surface area contributed by atoms with Crippen LogP contribution in [-0.2, 0) is 0 Å². The van der Waals surface area contributed by atoms with Gasteiger partial charge in [0.25, 0.3) is 0 Å². The Bertz CT molecular complexity index is 416. The molecule has 15 heavy (non-hydrogen) atoms. The van der Waals surface area contributed by atoms with Gasteiger partial charge in [-0.3, -0.25) is 4.79 Å². The van der Waals surface area contributed by atoms with Crippen molar-refractivity contribution in [2.24, 2.45) is 10.7 Å². The molecule has 0 spiro atoms. The zero-order valence-corrected chi connectivity index (χ0v) is 8.95. The molecule has 0 amide bonds. The molecule has 0 radical (unpaired) electrons. The number of rotatable bonds is 3. The van der Waals surface area contributed by atoms with Crippen LogP contribution in [0.15, 0.2) is 23.2 Å². The van der Waals surface area contributed by atoms with Gasteiger partial charge in [-0.15, -0.1) is 11.6 Å². The summed E-state index contributed by atoms with van der Waals surface area (Å²) in [5.41, 5.74) is 5.93. The monoisotopic (exact) mass is 226 g/mol. The van der Waals surface area contributed by atoms with E-state index >= 15 is 0 Å². The van der Waals surface area contributed by atoms with Gasteiger partial charge in [0, 0.05) is 5.56 Å². The van der Waals surface area contributed by atoms with Crippen molar-refractivity contribution in [3.05, 3.63) is 23.8 Å². The van der Waals surface area contributed by atoms with Crippen LogP contribution < -0.4 is 5.73 Å². The molecule has 1 aromatic rings. The first-order valence-electron chi connectivity index (χ1n) is 4.28. The van der Waals surface area contributed by atoms with Crippen LogP contribution in [0.3, 0.4) is 0 Å². The number of hydrogen-bond donors (Lipinski definition) is 2. The minimum Gasteiger partial charge on any atom is -0.506 e. The van der Waals surface area contributed by atoms with E-state index in [1.165, 1.54) is 13.0 Å².